The highest BCUT2D eigenvalue weighted by Crippen LogP contribution is 2.36. The molecule has 3 heterocycles. The summed E-state index contributed by atoms with van der Waals surface area (Å²) in [6.07, 6.45) is 6.76. The number of nitrogens with one attached hydrogen (secondary N) is 1. The highest BCUT2D eigenvalue weighted by molar-refractivity contribution is 6.38. The normalized spacial score (nSPS) is 14.5. The molecule has 30 heavy (non-hydrogen) atoms. The fourth-order valence-corrected chi connectivity index (χ4v) is 5.12. The highest BCUT2D eigenvalue weighted by atomic mass is 35.5. The second kappa shape index (κ2) is 8.46. The Morgan fingerprint density at radius 2 is 2.00 bits per heavy atom. The first-order chi connectivity index (χ1) is 14.7. The third kappa shape index (κ3) is 3.64. The molecular weight excluding hydrogens is 417 g/mol. The molecule has 0 amide bonds. The van der Waals surface area contributed by atoms with Crippen molar-refractivity contribution in [2.45, 2.75) is 25.8 Å². The number of fused-ring (bicyclic) bond motifs is 4. The van der Waals surface area contributed by atoms with E-state index in [-0.39, 0.29) is 0 Å². The number of hydrogen-bond acceptors (Lipinski definition) is 3. The SMILES string of the molecule is Clc1cc(Cl)c2c(c1)c1c(n2CCOc2cccc3cnccc23)CCCNCC1. The second-order valence-electron chi connectivity index (χ2n) is 7.67. The maximum atomic E-state index is 6.67. The van der Waals surface area contributed by atoms with E-state index < -0.39 is 0 Å². The van der Waals surface area contributed by atoms with E-state index in [4.69, 9.17) is 27.9 Å². The summed E-state index contributed by atoms with van der Waals surface area (Å²) in [7, 11) is 0. The lowest BCUT2D eigenvalue weighted by molar-refractivity contribution is 0.302. The summed E-state index contributed by atoms with van der Waals surface area (Å²) in [5, 5.41) is 8.22. The molecule has 5 rings (SSSR count). The number of hydrogen-bond donors (Lipinski definition) is 1. The molecule has 1 N–H and O–H groups in total. The standard InChI is InChI=1S/C24H23Cl2N3O/c25-17-13-20-19-7-9-27-8-2-4-22(19)29(24(20)21(26)14-17)11-12-30-23-5-1-3-16-15-28-10-6-18(16)23/h1,3,5-6,10,13-15,27H,2,4,7-9,11-12H2. The van der Waals surface area contributed by atoms with E-state index in [9.17, 15) is 0 Å². The topological polar surface area (TPSA) is 39.1 Å². The number of halogens is 2. The van der Waals surface area contributed by atoms with Crippen molar-refractivity contribution in [2.75, 3.05) is 19.7 Å². The van der Waals surface area contributed by atoms with Crippen LogP contribution >= 0.6 is 23.2 Å². The third-order valence-corrected chi connectivity index (χ3v) is 6.34. The smallest absolute Gasteiger partial charge is 0.127 e. The number of rotatable bonds is 4. The quantitative estimate of drug-likeness (QED) is 0.446. The van der Waals surface area contributed by atoms with Crippen molar-refractivity contribution in [1.82, 2.24) is 14.9 Å². The Kier molecular flexibility index (Phi) is 5.55. The van der Waals surface area contributed by atoms with Crippen LogP contribution < -0.4 is 10.1 Å². The minimum Gasteiger partial charge on any atom is -0.491 e. The first-order valence-electron chi connectivity index (χ1n) is 10.4. The molecule has 0 bridgehead atoms. The molecule has 154 valence electrons. The summed E-state index contributed by atoms with van der Waals surface area (Å²) in [5.74, 6) is 0.882. The lowest BCUT2D eigenvalue weighted by atomic mass is 10.0. The van der Waals surface area contributed by atoms with Crippen LogP contribution in [0, 0.1) is 0 Å². The van der Waals surface area contributed by atoms with Crippen LogP contribution in [-0.4, -0.2) is 29.2 Å². The predicted octanol–water partition coefficient (Wildman–Crippen LogP) is 5.65. The second-order valence-corrected chi connectivity index (χ2v) is 8.51. The van der Waals surface area contributed by atoms with Gasteiger partial charge in [-0.05, 0) is 62.2 Å². The maximum absolute atomic E-state index is 6.67. The van der Waals surface area contributed by atoms with Gasteiger partial charge < -0.3 is 14.6 Å². The Morgan fingerprint density at radius 1 is 1.07 bits per heavy atom. The Hall–Kier alpha value is -2.27. The van der Waals surface area contributed by atoms with Crippen molar-refractivity contribution in [2.24, 2.45) is 0 Å². The highest BCUT2D eigenvalue weighted by Gasteiger charge is 2.20. The van der Waals surface area contributed by atoms with Crippen LogP contribution in [0.3, 0.4) is 0 Å². The zero-order valence-electron chi connectivity index (χ0n) is 16.6. The lowest BCUT2D eigenvalue weighted by Gasteiger charge is -2.16. The van der Waals surface area contributed by atoms with Gasteiger partial charge in [0.05, 0.1) is 17.1 Å². The van der Waals surface area contributed by atoms with Crippen molar-refractivity contribution in [3.63, 3.8) is 0 Å². The molecule has 0 spiro atoms. The summed E-state index contributed by atoms with van der Waals surface area (Å²) in [4.78, 5) is 4.20. The molecular formula is C24H23Cl2N3O. The van der Waals surface area contributed by atoms with Crippen molar-refractivity contribution in [1.29, 1.82) is 0 Å². The number of pyridine rings is 1. The molecule has 2 aromatic carbocycles. The lowest BCUT2D eigenvalue weighted by Crippen LogP contribution is -2.23. The van der Waals surface area contributed by atoms with E-state index in [1.54, 1.807) is 6.20 Å². The number of ether oxygens (including phenoxy) is 1. The molecule has 6 heteroatoms. The van der Waals surface area contributed by atoms with E-state index in [2.05, 4.69) is 27.0 Å². The zero-order valence-corrected chi connectivity index (χ0v) is 18.1. The van der Waals surface area contributed by atoms with E-state index in [1.165, 1.54) is 16.6 Å². The molecule has 0 saturated carbocycles. The summed E-state index contributed by atoms with van der Waals surface area (Å²) < 4.78 is 8.57. The van der Waals surface area contributed by atoms with Gasteiger partial charge in [-0.25, -0.2) is 0 Å². The Morgan fingerprint density at radius 3 is 2.93 bits per heavy atom. The van der Waals surface area contributed by atoms with E-state index >= 15 is 0 Å². The van der Waals surface area contributed by atoms with Gasteiger partial charge in [-0.15, -0.1) is 0 Å². The number of aromatic nitrogens is 2. The van der Waals surface area contributed by atoms with Gasteiger partial charge in [0.15, 0.2) is 0 Å². The van der Waals surface area contributed by atoms with Gasteiger partial charge in [0, 0.05) is 39.3 Å². The average molecular weight is 440 g/mol. The van der Waals surface area contributed by atoms with Gasteiger partial charge >= 0.3 is 0 Å². The largest absolute Gasteiger partial charge is 0.491 e. The van der Waals surface area contributed by atoms with Crippen molar-refractivity contribution in [3.8, 4) is 5.75 Å². The molecule has 0 aliphatic carbocycles. The summed E-state index contributed by atoms with van der Waals surface area (Å²) >= 11 is 13.0. The molecule has 0 radical (unpaired) electrons. The first kappa shape index (κ1) is 19.7. The minimum atomic E-state index is 0.564. The molecule has 1 aliphatic rings. The Labute approximate surface area is 185 Å². The fraction of sp³-hybridized carbons (Fsp3) is 0.292. The summed E-state index contributed by atoms with van der Waals surface area (Å²) in [5.41, 5.74) is 3.79. The van der Waals surface area contributed by atoms with Crippen LogP contribution in [0.5, 0.6) is 5.75 Å². The Bertz CT molecular complexity index is 1210. The molecule has 4 nitrogen and oxygen atoms in total. The van der Waals surface area contributed by atoms with Crippen LogP contribution in [0.15, 0.2) is 48.8 Å². The van der Waals surface area contributed by atoms with Gasteiger partial charge in [0.2, 0.25) is 0 Å². The molecule has 1 aliphatic heterocycles. The van der Waals surface area contributed by atoms with E-state index in [0.29, 0.717) is 16.7 Å². The fourth-order valence-electron chi connectivity index (χ4n) is 4.52. The Balaban J connectivity index is 1.50. The monoisotopic (exact) mass is 439 g/mol. The van der Waals surface area contributed by atoms with Crippen molar-refractivity contribution < 1.29 is 4.74 Å². The number of benzene rings is 2. The minimum absolute atomic E-state index is 0.564. The van der Waals surface area contributed by atoms with Gasteiger partial charge in [-0.1, -0.05) is 35.3 Å². The molecule has 0 unspecified atom stereocenters. The molecule has 0 saturated heterocycles. The molecule has 0 fully saturated rings. The first-order valence-corrected chi connectivity index (χ1v) is 11.1. The zero-order chi connectivity index (χ0) is 20.5. The van der Waals surface area contributed by atoms with Crippen LogP contribution in [0.25, 0.3) is 21.7 Å². The van der Waals surface area contributed by atoms with Gasteiger partial charge in [0.25, 0.3) is 0 Å². The van der Waals surface area contributed by atoms with Gasteiger partial charge in [0.1, 0.15) is 12.4 Å². The van der Waals surface area contributed by atoms with Crippen LogP contribution in [0.4, 0.5) is 0 Å². The predicted molar refractivity (Wildman–Crippen MR) is 124 cm³/mol. The molecule has 4 aromatic rings. The third-order valence-electron chi connectivity index (χ3n) is 5.83. The maximum Gasteiger partial charge on any atom is 0.127 e. The van der Waals surface area contributed by atoms with Gasteiger partial charge in [-0.2, -0.15) is 0 Å². The van der Waals surface area contributed by atoms with Crippen molar-refractivity contribution in [3.05, 3.63) is 70.1 Å². The van der Waals surface area contributed by atoms with Crippen LogP contribution in [-0.2, 0) is 19.4 Å². The van der Waals surface area contributed by atoms with Gasteiger partial charge in [-0.3, -0.25) is 4.98 Å². The van der Waals surface area contributed by atoms with Crippen molar-refractivity contribution >= 4 is 44.9 Å². The molecule has 2 aromatic heterocycles. The van der Waals surface area contributed by atoms with Crippen LogP contribution in [0.2, 0.25) is 10.0 Å². The summed E-state index contributed by atoms with van der Waals surface area (Å²) in [6.45, 7) is 3.31. The van der Waals surface area contributed by atoms with Crippen LogP contribution in [0.1, 0.15) is 17.7 Å². The van der Waals surface area contributed by atoms with E-state index in [0.717, 1.165) is 60.9 Å². The summed E-state index contributed by atoms with van der Waals surface area (Å²) in [6, 6.07) is 12.0. The molecule has 0 atom stereocenters. The van der Waals surface area contributed by atoms with E-state index in [1.807, 2.05) is 30.5 Å². The average Bonchev–Trinajstić information content (AvgIpc) is 2.99. The number of nitrogens with zero attached hydrogens (tertiary/aromatic N) is 2.